The van der Waals surface area contributed by atoms with Gasteiger partial charge in [0.2, 0.25) is 5.91 Å². The zero-order valence-corrected chi connectivity index (χ0v) is 15.7. The molecule has 0 aliphatic carbocycles. The van der Waals surface area contributed by atoms with Crippen molar-refractivity contribution < 1.29 is 18.7 Å². The second-order valence-electron chi connectivity index (χ2n) is 5.55. The molecule has 0 aromatic heterocycles. The molecule has 7 heteroatoms. The highest BCUT2D eigenvalue weighted by Crippen LogP contribution is 2.25. The van der Waals surface area contributed by atoms with E-state index >= 15 is 0 Å². The molecule has 2 aromatic carbocycles. The Labute approximate surface area is 162 Å². The quantitative estimate of drug-likeness (QED) is 0.628. The van der Waals surface area contributed by atoms with Gasteiger partial charge in [0.1, 0.15) is 17.3 Å². The van der Waals surface area contributed by atoms with E-state index in [9.17, 15) is 9.18 Å². The highest BCUT2D eigenvalue weighted by molar-refractivity contribution is 6.32. The molecular formula is C20H20ClFN2O3. The van der Waals surface area contributed by atoms with E-state index in [1.165, 1.54) is 17.0 Å². The van der Waals surface area contributed by atoms with E-state index in [0.717, 1.165) is 6.07 Å². The van der Waals surface area contributed by atoms with Crippen molar-refractivity contribution >= 4 is 23.2 Å². The first kappa shape index (κ1) is 20.5. The fourth-order valence-corrected chi connectivity index (χ4v) is 2.65. The van der Waals surface area contributed by atoms with Gasteiger partial charge in [-0.3, -0.25) is 4.79 Å². The Kier molecular flexibility index (Phi) is 7.90. The number of carbonyl (C=O) groups is 1. The predicted octanol–water partition coefficient (Wildman–Crippen LogP) is 4.59. The zero-order chi connectivity index (χ0) is 19.6. The number of benzene rings is 2. The Bertz CT molecular complexity index is 806. The normalized spacial score (nSPS) is 10.1. The van der Waals surface area contributed by atoms with Crippen molar-refractivity contribution in [3.05, 3.63) is 53.3 Å². The average Bonchev–Trinajstić information content (AvgIpc) is 2.65. The maximum absolute atomic E-state index is 13.1. The Morgan fingerprint density at radius 3 is 2.59 bits per heavy atom. The molecule has 0 aliphatic heterocycles. The van der Waals surface area contributed by atoms with Gasteiger partial charge in [-0.15, -0.1) is 0 Å². The first-order chi connectivity index (χ1) is 13.0. The summed E-state index contributed by atoms with van der Waals surface area (Å²) in [6.45, 7) is 2.81. The van der Waals surface area contributed by atoms with Crippen molar-refractivity contribution in [2.45, 2.75) is 19.8 Å². The summed E-state index contributed by atoms with van der Waals surface area (Å²) < 4.78 is 23.9. The maximum atomic E-state index is 13.1. The summed E-state index contributed by atoms with van der Waals surface area (Å²) in [5.41, 5.74) is 0.679. The lowest BCUT2D eigenvalue weighted by molar-refractivity contribution is -0.119. The molecule has 5 nitrogen and oxygen atoms in total. The van der Waals surface area contributed by atoms with Crippen LogP contribution < -0.4 is 14.4 Å². The fraction of sp³-hybridized carbons (Fsp3) is 0.300. The summed E-state index contributed by atoms with van der Waals surface area (Å²) in [5, 5.41) is 9.01. The number of nitrogens with zero attached hydrogens (tertiary/aromatic N) is 2. The third-order valence-electron chi connectivity index (χ3n) is 3.68. The van der Waals surface area contributed by atoms with Crippen LogP contribution in [0.4, 0.5) is 10.1 Å². The molecule has 0 spiro atoms. The van der Waals surface area contributed by atoms with Crippen molar-refractivity contribution in [3.8, 4) is 17.6 Å². The van der Waals surface area contributed by atoms with E-state index in [1.54, 1.807) is 24.3 Å². The van der Waals surface area contributed by atoms with Crippen LogP contribution in [0.15, 0.2) is 42.5 Å². The number of hydrogen-bond donors (Lipinski definition) is 0. The molecule has 142 valence electrons. The minimum Gasteiger partial charge on any atom is -0.494 e. The first-order valence-corrected chi connectivity index (χ1v) is 8.91. The van der Waals surface area contributed by atoms with Crippen LogP contribution in [0.25, 0.3) is 0 Å². The van der Waals surface area contributed by atoms with Crippen LogP contribution in [0.5, 0.6) is 11.5 Å². The number of ether oxygens (including phenoxy) is 2. The second-order valence-corrected chi connectivity index (χ2v) is 5.96. The standard InChI is InChI=1S/C20H20ClFN2O3/c1-2-26-17-7-5-16(6-8-17)24(12-3-11-23)20(25)10-13-27-19-9-4-15(22)14-18(19)21/h4-9,14H,2-3,10,12-13H2,1H3. The van der Waals surface area contributed by atoms with Gasteiger partial charge in [-0.25, -0.2) is 4.39 Å². The number of halogens is 2. The summed E-state index contributed by atoms with van der Waals surface area (Å²) in [5.74, 6) is 0.382. The van der Waals surface area contributed by atoms with Crippen LogP contribution in [0, 0.1) is 17.1 Å². The third kappa shape index (κ3) is 6.15. The van der Waals surface area contributed by atoms with Gasteiger partial charge in [-0.1, -0.05) is 11.6 Å². The summed E-state index contributed by atoms with van der Waals surface area (Å²) in [6.07, 6.45) is 0.302. The number of hydrogen-bond acceptors (Lipinski definition) is 4. The maximum Gasteiger partial charge on any atom is 0.230 e. The molecular weight excluding hydrogens is 371 g/mol. The zero-order valence-electron chi connectivity index (χ0n) is 15.0. The largest absolute Gasteiger partial charge is 0.494 e. The molecule has 0 saturated heterocycles. The van der Waals surface area contributed by atoms with Gasteiger partial charge >= 0.3 is 0 Å². The molecule has 2 rings (SSSR count). The fourth-order valence-electron chi connectivity index (χ4n) is 2.42. The predicted molar refractivity (Wildman–Crippen MR) is 102 cm³/mol. The molecule has 0 atom stereocenters. The number of amides is 1. The van der Waals surface area contributed by atoms with Crippen LogP contribution in [0.1, 0.15) is 19.8 Å². The van der Waals surface area contributed by atoms with Crippen molar-refractivity contribution in [2.24, 2.45) is 0 Å². The van der Waals surface area contributed by atoms with Crippen molar-refractivity contribution in [3.63, 3.8) is 0 Å². The molecule has 0 fully saturated rings. The van der Waals surface area contributed by atoms with Crippen LogP contribution >= 0.6 is 11.6 Å². The van der Waals surface area contributed by atoms with Crippen molar-refractivity contribution in [1.29, 1.82) is 5.26 Å². The van der Waals surface area contributed by atoms with Gasteiger partial charge in [-0.2, -0.15) is 5.26 Å². The summed E-state index contributed by atoms with van der Waals surface area (Å²) in [6, 6.07) is 13.0. The van der Waals surface area contributed by atoms with Gasteiger partial charge < -0.3 is 14.4 Å². The monoisotopic (exact) mass is 390 g/mol. The van der Waals surface area contributed by atoms with E-state index in [-0.39, 0.29) is 36.9 Å². The Balaban J connectivity index is 2.00. The van der Waals surface area contributed by atoms with Crippen LogP contribution in [-0.2, 0) is 4.79 Å². The lowest BCUT2D eigenvalue weighted by Gasteiger charge is -2.22. The van der Waals surface area contributed by atoms with E-state index in [1.807, 2.05) is 13.0 Å². The van der Waals surface area contributed by atoms with Gasteiger partial charge in [0.25, 0.3) is 0 Å². The SMILES string of the molecule is CCOc1ccc(N(CCC#N)C(=O)CCOc2ccc(F)cc2Cl)cc1. The first-order valence-electron chi connectivity index (χ1n) is 8.53. The van der Waals surface area contributed by atoms with Gasteiger partial charge in [0.05, 0.1) is 37.1 Å². The summed E-state index contributed by atoms with van der Waals surface area (Å²) in [4.78, 5) is 14.1. The third-order valence-corrected chi connectivity index (χ3v) is 3.97. The van der Waals surface area contributed by atoms with Gasteiger partial charge in [0, 0.05) is 12.2 Å². The number of nitriles is 1. The Morgan fingerprint density at radius 2 is 1.96 bits per heavy atom. The second kappa shape index (κ2) is 10.4. The number of carbonyl (C=O) groups excluding carboxylic acids is 1. The summed E-state index contributed by atoms with van der Waals surface area (Å²) in [7, 11) is 0. The highest BCUT2D eigenvalue weighted by Gasteiger charge is 2.16. The molecule has 2 aromatic rings. The summed E-state index contributed by atoms with van der Waals surface area (Å²) >= 11 is 5.90. The lowest BCUT2D eigenvalue weighted by Crippen LogP contribution is -2.32. The number of anilines is 1. The van der Waals surface area contributed by atoms with E-state index < -0.39 is 5.82 Å². The van der Waals surface area contributed by atoms with Crippen LogP contribution in [0.3, 0.4) is 0 Å². The highest BCUT2D eigenvalue weighted by atomic mass is 35.5. The molecule has 0 N–H and O–H groups in total. The molecule has 0 radical (unpaired) electrons. The minimum atomic E-state index is -0.457. The molecule has 0 aliphatic rings. The smallest absolute Gasteiger partial charge is 0.230 e. The van der Waals surface area contributed by atoms with E-state index in [0.29, 0.717) is 23.8 Å². The van der Waals surface area contributed by atoms with E-state index in [4.69, 9.17) is 26.3 Å². The topological polar surface area (TPSA) is 62.6 Å². The van der Waals surface area contributed by atoms with Crippen LogP contribution in [-0.4, -0.2) is 25.7 Å². The van der Waals surface area contributed by atoms with E-state index in [2.05, 4.69) is 0 Å². The molecule has 27 heavy (non-hydrogen) atoms. The average molecular weight is 391 g/mol. The van der Waals surface area contributed by atoms with Crippen LogP contribution in [0.2, 0.25) is 5.02 Å². The molecule has 0 heterocycles. The van der Waals surface area contributed by atoms with Gasteiger partial charge in [0.15, 0.2) is 0 Å². The van der Waals surface area contributed by atoms with Crippen molar-refractivity contribution in [2.75, 3.05) is 24.7 Å². The molecule has 0 unspecified atom stereocenters. The molecule has 0 bridgehead atoms. The van der Waals surface area contributed by atoms with Gasteiger partial charge in [-0.05, 0) is 49.4 Å². The minimum absolute atomic E-state index is 0.0876. The van der Waals surface area contributed by atoms with Crippen molar-refractivity contribution in [1.82, 2.24) is 0 Å². The lowest BCUT2D eigenvalue weighted by atomic mass is 10.2. The number of rotatable bonds is 9. The molecule has 0 saturated carbocycles. The molecule has 1 amide bonds. The Morgan fingerprint density at radius 1 is 1.22 bits per heavy atom. The Hall–Kier alpha value is -2.78.